The van der Waals surface area contributed by atoms with Gasteiger partial charge in [0.25, 0.3) is 11.8 Å². The van der Waals surface area contributed by atoms with Gasteiger partial charge in [-0.2, -0.15) is 0 Å². The van der Waals surface area contributed by atoms with Crippen molar-refractivity contribution < 1.29 is 14.3 Å². The highest BCUT2D eigenvalue weighted by atomic mass is 32.1. The minimum Gasteiger partial charge on any atom is -0.490 e. The number of aryl methyl sites for hydroxylation is 2. The summed E-state index contributed by atoms with van der Waals surface area (Å²) in [5.41, 5.74) is 8.15. The predicted octanol–water partition coefficient (Wildman–Crippen LogP) is 3.07. The Bertz CT molecular complexity index is 1020. The highest BCUT2D eigenvalue weighted by Crippen LogP contribution is 2.32. The van der Waals surface area contributed by atoms with Gasteiger partial charge in [0.2, 0.25) is 0 Å². The number of nitrogens with one attached hydrogen (secondary N) is 1. The Kier molecular flexibility index (Phi) is 4.69. The summed E-state index contributed by atoms with van der Waals surface area (Å²) >= 11 is 1.33. The summed E-state index contributed by atoms with van der Waals surface area (Å²) in [6.07, 6.45) is 1.76. The molecule has 0 radical (unpaired) electrons. The van der Waals surface area contributed by atoms with Crippen LogP contribution < -0.4 is 15.8 Å². The minimum atomic E-state index is -0.560. The Labute approximate surface area is 154 Å². The van der Waals surface area contributed by atoms with Gasteiger partial charge in [0.05, 0.1) is 17.9 Å². The lowest BCUT2D eigenvalue weighted by Gasteiger charge is -2.07. The third-order valence-corrected chi connectivity index (χ3v) is 5.28. The molecule has 0 fully saturated rings. The minimum absolute atomic E-state index is 0.349. The van der Waals surface area contributed by atoms with Crippen LogP contribution >= 0.6 is 11.3 Å². The maximum Gasteiger partial charge on any atom is 0.275 e. The van der Waals surface area contributed by atoms with Crippen molar-refractivity contribution >= 4 is 33.8 Å². The van der Waals surface area contributed by atoms with Gasteiger partial charge < -0.3 is 15.8 Å². The third kappa shape index (κ3) is 2.92. The first-order chi connectivity index (χ1) is 12.3. The molecule has 0 aromatic carbocycles. The molecule has 0 aliphatic heterocycles. The Morgan fingerprint density at radius 1 is 1.35 bits per heavy atom. The molecule has 0 unspecified atom stereocenters. The second kappa shape index (κ2) is 6.80. The lowest BCUT2D eigenvalue weighted by atomic mass is 10.1. The van der Waals surface area contributed by atoms with E-state index in [9.17, 15) is 9.59 Å². The molecule has 7 nitrogen and oxygen atoms in total. The SMILES string of the molecule is CCOc1cccn2c(C(=O)Nc3sc(C)c(C)c3C(N)=O)c(C)nc12. The first kappa shape index (κ1) is 17.9. The number of anilines is 1. The van der Waals surface area contributed by atoms with Crippen LogP contribution in [0.5, 0.6) is 5.75 Å². The fourth-order valence-electron chi connectivity index (χ4n) is 2.87. The topological polar surface area (TPSA) is 98.7 Å². The Morgan fingerprint density at radius 3 is 2.73 bits per heavy atom. The fourth-order valence-corrected chi connectivity index (χ4v) is 3.93. The zero-order chi connectivity index (χ0) is 19.0. The number of amides is 2. The highest BCUT2D eigenvalue weighted by molar-refractivity contribution is 7.16. The number of nitrogens with two attached hydrogens (primary N) is 1. The molecule has 3 N–H and O–H groups in total. The van der Waals surface area contributed by atoms with Crippen LogP contribution in [-0.4, -0.2) is 27.8 Å². The number of thiophene rings is 1. The first-order valence-electron chi connectivity index (χ1n) is 8.16. The van der Waals surface area contributed by atoms with Crippen molar-refractivity contribution in [3.8, 4) is 5.75 Å². The van der Waals surface area contributed by atoms with Gasteiger partial charge in [-0.25, -0.2) is 4.98 Å². The number of ether oxygens (including phenoxy) is 1. The van der Waals surface area contributed by atoms with Gasteiger partial charge in [0.15, 0.2) is 11.4 Å². The van der Waals surface area contributed by atoms with Crippen molar-refractivity contribution in [1.29, 1.82) is 0 Å². The lowest BCUT2D eigenvalue weighted by Crippen LogP contribution is -2.19. The average molecular weight is 372 g/mol. The molecule has 0 saturated heterocycles. The number of carbonyl (C=O) groups excluding carboxylic acids is 2. The van der Waals surface area contributed by atoms with E-state index < -0.39 is 5.91 Å². The maximum absolute atomic E-state index is 12.9. The molecule has 0 spiro atoms. The van der Waals surface area contributed by atoms with Crippen LogP contribution in [0.1, 0.15) is 43.9 Å². The molecule has 0 aliphatic rings. The number of hydrogen-bond acceptors (Lipinski definition) is 5. The summed E-state index contributed by atoms with van der Waals surface area (Å²) in [4.78, 5) is 30.1. The van der Waals surface area contributed by atoms with E-state index in [0.717, 1.165) is 10.4 Å². The molecule has 0 aliphatic carbocycles. The molecule has 3 rings (SSSR count). The first-order valence-corrected chi connectivity index (χ1v) is 8.98. The smallest absolute Gasteiger partial charge is 0.275 e. The molecule has 3 aromatic heterocycles. The quantitative estimate of drug-likeness (QED) is 0.719. The summed E-state index contributed by atoms with van der Waals surface area (Å²) in [6, 6.07) is 3.61. The monoisotopic (exact) mass is 372 g/mol. The van der Waals surface area contributed by atoms with E-state index in [2.05, 4.69) is 10.3 Å². The van der Waals surface area contributed by atoms with Crippen LogP contribution in [0.2, 0.25) is 0 Å². The second-order valence-electron chi connectivity index (χ2n) is 5.85. The van der Waals surface area contributed by atoms with Crippen molar-refractivity contribution in [3.63, 3.8) is 0 Å². The average Bonchev–Trinajstić information content (AvgIpc) is 3.04. The van der Waals surface area contributed by atoms with E-state index in [1.165, 1.54) is 11.3 Å². The molecule has 0 atom stereocenters. The number of fused-ring (bicyclic) bond motifs is 1. The van der Waals surface area contributed by atoms with Gasteiger partial charge in [0.1, 0.15) is 10.7 Å². The zero-order valence-corrected chi connectivity index (χ0v) is 15.9. The van der Waals surface area contributed by atoms with Crippen molar-refractivity contribution in [2.75, 3.05) is 11.9 Å². The molecule has 26 heavy (non-hydrogen) atoms. The third-order valence-electron chi connectivity index (χ3n) is 4.16. The van der Waals surface area contributed by atoms with Crippen LogP contribution in [0.25, 0.3) is 5.65 Å². The van der Waals surface area contributed by atoms with Gasteiger partial charge >= 0.3 is 0 Å². The Balaban J connectivity index is 2.04. The summed E-state index contributed by atoms with van der Waals surface area (Å²) < 4.78 is 7.27. The van der Waals surface area contributed by atoms with E-state index >= 15 is 0 Å². The lowest BCUT2D eigenvalue weighted by molar-refractivity contribution is 0.100. The molecule has 136 valence electrons. The van der Waals surface area contributed by atoms with Crippen LogP contribution in [0, 0.1) is 20.8 Å². The highest BCUT2D eigenvalue weighted by Gasteiger charge is 2.23. The molecule has 8 heteroatoms. The van der Waals surface area contributed by atoms with Gasteiger partial charge in [-0.1, -0.05) is 0 Å². The van der Waals surface area contributed by atoms with E-state index in [0.29, 0.717) is 40.0 Å². The Morgan fingerprint density at radius 2 is 2.08 bits per heavy atom. The molecule has 0 saturated carbocycles. The summed E-state index contributed by atoms with van der Waals surface area (Å²) in [7, 11) is 0. The van der Waals surface area contributed by atoms with E-state index in [1.807, 2.05) is 26.8 Å². The van der Waals surface area contributed by atoms with Crippen molar-refractivity contribution in [3.05, 3.63) is 45.7 Å². The maximum atomic E-state index is 12.9. The number of hydrogen-bond donors (Lipinski definition) is 2. The number of aromatic nitrogens is 2. The van der Waals surface area contributed by atoms with Crippen LogP contribution in [0.4, 0.5) is 5.00 Å². The molecular formula is C18H20N4O3S. The molecular weight excluding hydrogens is 352 g/mol. The van der Waals surface area contributed by atoms with Crippen LogP contribution in [-0.2, 0) is 0 Å². The molecule has 3 aromatic rings. The summed E-state index contributed by atoms with van der Waals surface area (Å²) in [5, 5.41) is 3.27. The number of pyridine rings is 1. The summed E-state index contributed by atoms with van der Waals surface area (Å²) in [5.74, 6) is -0.305. The van der Waals surface area contributed by atoms with E-state index in [-0.39, 0.29) is 5.91 Å². The largest absolute Gasteiger partial charge is 0.490 e. The predicted molar refractivity (Wildman–Crippen MR) is 101 cm³/mol. The number of nitrogens with zero attached hydrogens (tertiary/aromatic N) is 2. The molecule has 2 amide bonds. The number of imidazole rings is 1. The van der Waals surface area contributed by atoms with Crippen molar-refractivity contribution in [2.45, 2.75) is 27.7 Å². The van der Waals surface area contributed by atoms with Crippen LogP contribution in [0.15, 0.2) is 18.3 Å². The van der Waals surface area contributed by atoms with E-state index in [1.54, 1.807) is 23.6 Å². The normalized spacial score (nSPS) is 10.9. The van der Waals surface area contributed by atoms with Crippen molar-refractivity contribution in [2.24, 2.45) is 5.73 Å². The van der Waals surface area contributed by atoms with Gasteiger partial charge in [-0.15, -0.1) is 11.3 Å². The number of primary amides is 1. The number of carbonyl (C=O) groups is 2. The molecule has 0 bridgehead atoms. The zero-order valence-electron chi connectivity index (χ0n) is 15.0. The van der Waals surface area contributed by atoms with E-state index in [4.69, 9.17) is 10.5 Å². The van der Waals surface area contributed by atoms with Crippen LogP contribution in [0.3, 0.4) is 0 Å². The Hall–Kier alpha value is -2.87. The fraction of sp³-hybridized carbons (Fsp3) is 0.278. The second-order valence-corrected chi connectivity index (χ2v) is 7.08. The number of rotatable bonds is 5. The standard InChI is InChI=1S/C18H20N4O3S/c1-5-25-12-7-6-8-22-14(10(3)20-16(12)22)17(24)21-18-13(15(19)23)9(2)11(4)26-18/h6-8H,5H2,1-4H3,(H2,19,23)(H,21,24). The van der Waals surface area contributed by atoms with Gasteiger partial charge in [-0.05, 0) is 45.4 Å². The van der Waals surface area contributed by atoms with Gasteiger partial charge in [0, 0.05) is 11.1 Å². The summed E-state index contributed by atoms with van der Waals surface area (Å²) in [6.45, 7) is 7.85. The molecule has 3 heterocycles. The van der Waals surface area contributed by atoms with Gasteiger partial charge in [-0.3, -0.25) is 14.0 Å². The van der Waals surface area contributed by atoms with Crippen molar-refractivity contribution in [1.82, 2.24) is 9.38 Å².